The highest BCUT2D eigenvalue weighted by molar-refractivity contribution is 5.71. The first kappa shape index (κ1) is 21.5. The number of nitrogens with one attached hydrogen (secondary N) is 3. The number of fused-ring (bicyclic) bond motifs is 1. The predicted molar refractivity (Wildman–Crippen MR) is 129 cm³/mol. The summed E-state index contributed by atoms with van der Waals surface area (Å²) >= 11 is 0. The van der Waals surface area contributed by atoms with E-state index in [4.69, 9.17) is 6.57 Å². The summed E-state index contributed by atoms with van der Waals surface area (Å²) in [5, 5.41) is 23.5. The number of piperazine rings is 1. The Labute approximate surface area is 201 Å². The number of aromatic nitrogens is 4. The van der Waals surface area contributed by atoms with Gasteiger partial charge in [-0.05, 0) is 25.0 Å². The number of benzene rings is 1. The highest BCUT2D eigenvalue weighted by Gasteiger charge is 2.30. The van der Waals surface area contributed by atoms with Crippen LogP contribution in [0.15, 0.2) is 18.3 Å². The average molecular weight is 474 g/mol. The molecular formula is C23H24FN11. The van der Waals surface area contributed by atoms with Gasteiger partial charge in [0.25, 0.3) is 17.4 Å². The van der Waals surface area contributed by atoms with Crippen LogP contribution in [-0.2, 0) is 0 Å². The summed E-state index contributed by atoms with van der Waals surface area (Å²) in [7, 11) is 0. The fourth-order valence-corrected chi connectivity index (χ4v) is 4.49. The van der Waals surface area contributed by atoms with Gasteiger partial charge in [-0.1, -0.05) is 11.7 Å². The molecule has 3 aliphatic rings. The van der Waals surface area contributed by atoms with Crippen molar-refractivity contribution in [3.63, 3.8) is 0 Å². The molecule has 178 valence electrons. The molecule has 0 spiro atoms. The van der Waals surface area contributed by atoms with E-state index in [1.807, 2.05) is 4.90 Å². The summed E-state index contributed by atoms with van der Waals surface area (Å²) in [5.41, 5.74) is 1.29. The molecule has 4 heterocycles. The summed E-state index contributed by atoms with van der Waals surface area (Å²) in [6.07, 6.45) is 3.50. The smallest absolute Gasteiger partial charge is 0.275 e. The molecule has 1 saturated carbocycles. The van der Waals surface area contributed by atoms with Gasteiger partial charge in [-0.15, -0.1) is 4.52 Å². The summed E-state index contributed by atoms with van der Waals surface area (Å²) in [6.45, 7) is 12.5. The molecule has 0 amide bonds. The van der Waals surface area contributed by atoms with Crippen LogP contribution < -0.4 is 20.9 Å². The summed E-state index contributed by atoms with van der Waals surface area (Å²) in [6, 6.07) is 6.04. The number of nitriles is 1. The van der Waals surface area contributed by atoms with Crippen LogP contribution in [0.1, 0.15) is 18.4 Å². The van der Waals surface area contributed by atoms with Crippen molar-refractivity contribution in [2.75, 3.05) is 54.8 Å². The van der Waals surface area contributed by atoms with Crippen LogP contribution in [0.5, 0.6) is 0 Å². The fraction of sp³-hybridized carbons (Fsp3) is 0.435. The van der Waals surface area contributed by atoms with Crippen LogP contribution >= 0.6 is 0 Å². The van der Waals surface area contributed by atoms with Crippen LogP contribution in [0, 0.1) is 23.7 Å². The van der Waals surface area contributed by atoms with E-state index < -0.39 is 5.82 Å². The van der Waals surface area contributed by atoms with Gasteiger partial charge in [0.2, 0.25) is 0 Å². The van der Waals surface area contributed by atoms with Crippen LogP contribution in [0.4, 0.5) is 33.3 Å². The molecule has 0 unspecified atom stereocenters. The van der Waals surface area contributed by atoms with E-state index in [0.717, 1.165) is 39.0 Å². The largest absolute Gasteiger partial charge is 0.367 e. The number of halogens is 1. The molecule has 3 aromatic rings. The Kier molecular flexibility index (Phi) is 5.32. The van der Waals surface area contributed by atoms with Gasteiger partial charge in [-0.25, -0.2) is 9.37 Å². The molecule has 12 heteroatoms. The molecule has 11 nitrogen and oxygen atoms in total. The quantitative estimate of drug-likeness (QED) is 0.463. The Morgan fingerprint density at radius 2 is 2.00 bits per heavy atom. The maximum absolute atomic E-state index is 15.7. The van der Waals surface area contributed by atoms with Gasteiger partial charge in [0, 0.05) is 51.4 Å². The minimum absolute atomic E-state index is 0.116. The molecule has 3 N–H and O–H groups in total. The number of nitrogens with zero attached hydrogens (tertiary/aromatic N) is 8. The monoisotopic (exact) mass is 473 g/mol. The normalized spacial score (nSPS) is 18.7. The topological polar surface area (TPSA) is 114 Å². The first-order chi connectivity index (χ1) is 17.1. The zero-order valence-electron chi connectivity index (χ0n) is 19.0. The molecular weight excluding hydrogens is 449 g/mol. The zero-order chi connectivity index (χ0) is 23.9. The van der Waals surface area contributed by atoms with Crippen molar-refractivity contribution < 1.29 is 4.39 Å². The van der Waals surface area contributed by atoms with Crippen molar-refractivity contribution in [3.8, 4) is 6.07 Å². The molecule has 2 aliphatic heterocycles. The van der Waals surface area contributed by atoms with E-state index in [0.29, 0.717) is 47.9 Å². The number of hydrogen-bond acceptors (Lipinski definition) is 9. The van der Waals surface area contributed by atoms with E-state index in [9.17, 15) is 5.26 Å². The highest BCUT2D eigenvalue weighted by atomic mass is 19.1. The minimum Gasteiger partial charge on any atom is -0.367 e. The number of imidazole rings is 1. The van der Waals surface area contributed by atoms with Crippen molar-refractivity contribution in [2.24, 2.45) is 0 Å². The van der Waals surface area contributed by atoms with Crippen LogP contribution in [0.25, 0.3) is 10.5 Å². The predicted octanol–water partition coefficient (Wildman–Crippen LogP) is 2.10. The molecule has 3 fully saturated rings. The third kappa shape index (κ3) is 4.07. The van der Waals surface area contributed by atoms with Crippen LogP contribution in [-0.4, -0.2) is 75.8 Å². The van der Waals surface area contributed by atoms with Gasteiger partial charge in [0.05, 0.1) is 29.2 Å². The molecule has 35 heavy (non-hydrogen) atoms. The third-order valence-corrected chi connectivity index (χ3v) is 6.74. The Morgan fingerprint density at radius 1 is 1.20 bits per heavy atom. The molecule has 0 bridgehead atoms. The average Bonchev–Trinajstić information content (AvgIpc) is 3.56. The van der Waals surface area contributed by atoms with Gasteiger partial charge >= 0.3 is 0 Å². The lowest BCUT2D eigenvalue weighted by Gasteiger charge is -2.44. The molecule has 2 aromatic heterocycles. The second-order valence-corrected chi connectivity index (χ2v) is 9.10. The van der Waals surface area contributed by atoms with Crippen molar-refractivity contribution in [1.29, 1.82) is 5.26 Å². The van der Waals surface area contributed by atoms with Gasteiger partial charge in [-0.3, -0.25) is 4.90 Å². The van der Waals surface area contributed by atoms with Crippen molar-refractivity contribution in [2.45, 2.75) is 24.9 Å². The summed E-state index contributed by atoms with van der Waals surface area (Å²) < 4.78 is 17.1. The van der Waals surface area contributed by atoms with Crippen LogP contribution in [0.2, 0.25) is 0 Å². The second kappa shape index (κ2) is 8.65. The lowest BCUT2D eigenvalue weighted by Crippen LogP contribution is -2.61. The lowest BCUT2D eigenvalue weighted by atomic mass is 10.1. The summed E-state index contributed by atoms with van der Waals surface area (Å²) in [5.74, 6) is 0.374. The molecule has 0 radical (unpaired) electrons. The third-order valence-electron chi connectivity index (χ3n) is 6.74. The lowest BCUT2D eigenvalue weighted by molar-refractivity contribution is 0.137. The maximum atomic E-state index is 15.7. The molecule has 1 aliphatic carbocycles. The van der Waals surface area contributed by atoms with Crippen molar-refractivity contribution >= 4 is 34.6 Å². The van der Waals surface area contributed by atoms with Crippen molar-refractivity contribution in [3.05, 3.63) is 41.1 Å². The molecule has 0 atom stereocenters. The first-order valence-corrected chi connectivity index (χ1v) is 11.7. The van der Waals surface area contributed by atoms with Gasteiger partial charge in [0.1, 0.15) is 0 Å². The molecule has 2 saturated heterocycles. The van der Waals surface area contributed by atoms with E-state index in [1.54, 1.807) is 6.07 Å². The maximum Gasteiger partial charge on any atom is 0.275 e. The number of rotatable bonds is 6. The van der Waals surface area contributed by atoms with E-state index in [2.05, 4.69) is 46.8 Å². The van der Waals surface area contributed by atoms with Crippen LogP contribution in [0.3, 0.4) is 0 Å². The molecule has 1 aromatic carbocycles. The van der Waals surface area contributed by atoms with E-state index in [-0.39, 0.29) is 17.5 Å². The Morgan fingerprint density at radius 3 is 2.66 bits per heavy atom. The zero-order valence-corrected chi connectivity index (χ0v) is 19.0. The highest BCUT2D eigenvalue weighted by Crippen LogP contribution is 2.32. The number of anilines is 4. The van der Waals surface area contributed by atoms with Gasteiger partial charge in [-0.2, -0.15) is 10.2 Å². The van der Waals surface area contributed by atoms with Crippen molar-refractivity contribution in [1.82, 2.24) is 29.8 Å². The van der Waals surface area contributed by atoms with Gasteiger partial charge in [0.15, 0.2) is 11.6 Å². The SMILES string of the molecule is [C-]#[N+]c1cnc2c(NC3CC3)nc(Nc3cc(C#N)cc(N4CCN(C5CNC5)CC4)c3F)nn12. The van der Waals surface area contributed by atoms with Gasteiger partial charge < -0.3 is 25.7 Å². The Hall–Kier alpha value is -4.00. The fourth-order valence-electron chi connectivity index (χ4n) is 4.49. The van der Waals surface area contributed by atoms with E-state index >= 15 is 4.39 Å². The first-order valence-electron chi connectivity index (χ1n) is 11.7. The molecule has 6 rings (SSSR count). The summed E-state index contributed by atoms with van der Waals surface area (Å²) in [4.78, 5) is 16.7. The number of hydrogen-bond donors (Lipinski definition) is 3. The minimum atomic E-state index is -0.459. The Bertz CT molecular complexity index is 1350. The van der Waals surface area contributed by atoms with E-state index in [1.165, 1.54) is 16.8 Å². The second-order valence-electron chi connectivity index (χ2n) is 9.10. The standard InChI is InChI=1S/C23H24FN11/c1-26-19-13-28-22-21(29-15-2-3-15)31-23(32-35(19)22)30-17-8-14(10-25)9-18(20(17)24)34-6-4-33(5-7-34)16-11-27-12-16/h8-9,13,15-16,27H,2-7,11-12H2,(H2,29,30,31,32). The Balaban J connectivity index is 1.31.